The van der Waals surface area contributed by atoms with Crippen LogP contribution in [0, 0.1) is 0 Å². The molecule has 0 fully saturated rings. The number of rotatable bonds is 9. The van der Waals surface area contributed by atoms with Gasteiger partial charge in [-0.1, -0.05) is 69.4 Å². The number of unbranched alkanes of at least 4 members (excludes halogenated alkanes) is 5. The van der Waals surface area contributed by atoms with E-state index in [-0.39, 0.29) is 0 Å². The van der Waals surface area contributed by atoms with Crippen LogP contribution in [0.1, 0.15) is 88.5 Å². The summed E-state index contributed by atoms with van der Waals surface area (Å²) in [5.41, 5.74) is 10.4. The monoisotopic (exact) mass is 388 g/mol. The lowest BCUT2D eigenvalue weighted by atomic mass is 9.83. The summed E-state index contributed by atoms with van der Waals surface area (Å²) in [7, 11) is 0. The third-order valence-corrected chi connectivity index (χ3v) is 5.87. The summed E-state index contributed by atoms with van der Waals surface area (Å²) < 4.78 is 0. The summed E-state index contributed by atoms with van der Waals surface area (Å²) in [5, 5.41) is 8.56. The Morgan fingerprint density at radius 2 is 1.41 bits per heavy atom. The first kappa shape index (κ1) is 21.5. The molecule has 1 aliphatic rings. The van der Waals surface area contributed by atoms with Crippen LogP contribution in [0.3, 0.4) is 0 Å². The van der Waals surface area contributed by atoms with Crippen LogP contribution in [0.15, 0.2) is 46.6 Å². The number of aryl methyl sites for hydroxylation is 3. The predicted molar refractivity (Wildman–Crippen MR) is 127 cm³/mol. The van der Waals surface area contributed by atoms with Crippen LogP contribution in [-0.4, -0.2) is 11.4 Å². The molecule has 3 rings (SSSR count). The highest BCUT2D eigenvalue weighted by molar-refractivity contribution is 6.00. The van der Waals surface area contributed by atoms with Crippen molar-refractivity contribution >= 4 is 11.4 Å². The van der Waals surface area contributed by atoms with Gasteiger partial charge in [0.05, 0.1) is 5.71 Å². The molecule has 0 unspecified atom stereocenters. The third kappa shape index (κ3) is 5.88. The molecule has 0 bridgehead atoms. The number of benzene rings is 2. The molecule has 0 amide bonds. The van der Waals surface area contributed by atoms with Gasteiger partial charge in [0.2, 0.25) is 0 Å². The molecule has 0 spiro atoms. The Labute approximate surface area is 177 Å². The molecule has 29 heavy (non-hydrogen) atoms. The summed E-state index contributed by atoms with van der Waals surface area (Å²) in [6.45, 7) is 8.27. The van der Waals surface area contributed by atoms with E-state index in [4.69, 9.17) is 0 Å². The quantitative estimate of drug-likeness (QED) is 0.240. The fourth-order valence-electron chi connectivity index (χ4n) is 4.17. The SMILES string of the molecule is CCCCCCCCc1ccc2c(c1)CCc1cc(/C(C)=N/N=C(C)C)ccc1-2. The minimum absolute atomic E-state index is 0.980. The molecule has 0 aliphatic heterocycles. The molecule has 0 aromatic heterocycles. The molecule has 2 aromatic rings. The Morgan fingerprint density at radius 3 is 2.14 bits per heavy atom. The van der Waals surface area contributed by atoms with E-state index in [2.05, 4.69) is 53.5 Å². The van der Waals surface area contributed by atoms with Crippen molar-refractivity contribution < 1.29 is 0 Å². The molecular formula is C27H36N2. The lowest BCUT2D eigenvalue weighted by Crippen LogP contribution is -2.06. The van der Waals surface area contributed by atoms with Crippen LogP contribution in [0.25, 0.3) is 11.1 Å². The highest BCUT2D eigenvalue weighted by atomic mass is 15.2. The predicted octanol–water partition coefficient (Wildman–Crippen LogP) is 7.56. The largest absolute Gasteiger partial charge is 0.160 e. The van der Waals surface area contributed by atoms with Crippen molar-refractivity contribution in [1.29, 1.82) is 0 Å². The lowest BCUT2D eigenvalue weighted by Gasteiger charge is -2.21. The molecule has 0 saturated carbocycles. The van der Waals surface area contributed by atoms with Crippen molar-refractivity contribution in [2.45, 2.75) is 85.5 Å². The van der Waals surface area contributed by atoms with Crippen molar-refractivity contribution in [2.24, 2.45) is 10.2 Å². The van der Waals surface area contributed by atoms with E-state index in [1.807, 2.05) is 20.8 Å². The maximum absolute atomic E-state index is 4.36. The van der Waals surface area contributed by atoms with Gasteiger partial charge in [-0.15, -0.1) is 0 Å². The molecule has 154 valence electrons. The first-order valence-electron chi connectivity index (χ1n) is 11.4. The number of fused-ring (bicyclic) bond motifs is 3. The van der Waals surface area contributed by atoms with E-state index in [1.54, 1.807) is 0 Å². The zero-order valence-electron chi connectivity index (χ0n) is 18.7. The number of hydrogen-bond donors (Lipinski definition) is 0. The first-order chi connectivity index (χ1) is 14.1. The summed E-state index contributed by atoms with van der Waals surface area (Å²) in [5.74, 6) is 0. The van der Waals surface area contributed by atoms with Crippen LogP contribution in [0.5, 0.6) is 0 Å². The second-order valence-electron chi connectivity index (χ2n) is 8.61. The molecule has 0 heterocycles. The van der Waals surface area contributed by atoms with E-state index in [0.717, 1.165) is 24.3 Å². The van der Waals surface area contributed by atoms with Gasteiger partial charge in [-0.2, -0.15) is 10.2 Å². The van der Waals surface area contributed by atoms with Gasteiger partial charge in [0.15, 0.2) is 0 Å². The van der Waals surface area contributed by atoms with Crippen molar-refractivity contribution in [3.8, 4) is 11.1 Å². The maximum Gasteiger partial charge on any atom is 0.0671 e. The zero-order valence-corrected chi connectivity index (χ0v) is 18.7. The average molecular weight is 389 g/mol. The maximum atomic E-state index is 4.36. The van der Waals surface area contributed by atoms with E-state index >= 15 is 0 Å². The van der Waals surface area contributed by atoms with Gasteiger partial charge in [0.1, 0.15) is 0 Å². The minimum Gasteiger partial charge on any atom is -0.160 e. The van der Waals surface area contributed by atoms with Crippen LogP contribution in [0.4, 0.5) is 0 Å². The van der Waals surface area contributed by atoms with Gasteiger partial charge in [-0.25, -0.2) is 0 Å². The highest BCUT2D eigenvalue weighted by Gasteiger charge is 2.17. The summed E-state index contributed by atoms with van der Waals surface area (Å²) in [4.78, 5) is 0. The van der Waals surface area contributed by atoms with Gasteiger partial charge in [0.25, 0.3) is 0 Å². The van der Waals surface area contributed by atoms with E-state index < -0.39 is 0 Å². The Hall–Kier alpha value is -2.22. The molecule has 0 radical (unpaired) electrons. The van der Waals surface area contributed by atoms with Crippen molar-refractivity contribution in [2.75, 3.05) is 0 Å². The van der Waals surface area contributed by atoms with Crippen LogP contribution < -0.4 is 0 Å². The van der Waals surface area contributed by atoms with Gasteiger partial charge < -0.3 is 0 Å². The molecule has 0 saturated heterocycles. The Bertz CT molecular complexity index is 885. The van der Waals surface area contributed by atoms with Crippen LogP contribution >= 0.6 is 0 Å². The van der Waals surface area contributed by atoms with Crippen LogP contribution in [-0.2, 0) is 19.3 Å². The standard InChI is InChI=1S/C27H36N2/c1-5-6-7-8-9-10-11-22-12-16-26-24(18-22)13-14-25-19-23(15-17-27(25)26)21(4)29-28-20(2)3/h12,15-19H,5-11,13-14H2,1-4H3/b29-21+. The summed E-state index contributed by atoms with van der Waals surface area (Å²) >= 11 is 0. The zero-order chi connectivity index (χ0) is 20.6. The fraction of sp³-hybridized carbons (Fsp3) is 0.481. The van der Waals surface area contributed by atoms with Crippen molar-refractivity contribution in [3.05, 3.63) is 58.7 Å². The Balaban J connectivity index is 1.69. The topological polar surface area (TPSA) is 24.7 Å². The third-order valence-electron chi connectivity index (χ3n) is 5.87. The van der Waals surface area contributed by atoms with E-state index in [9.17, 15) is 0 Å². The van der Waals surface area contributed by atoms with Crippen molar-refractivity contribution in [1.82, 2.24) is 0 Å². The Kier molecular flexibility index (Phi) is 7.80. The molecule has 2 aromatic carbocycles. The lowest BCUT2D eigenvalue weighted by molar-refractivity contribution is 0.607. The summed E-state index contributed by atoms with van der Waals surface area (Å²) in [6, 6.07) is 13.9. The van der Waals surface area contributed by atoms with Gasteiger partial charge in [0, 0.05) is 5.71 Å². The van der Waals surface area contributed by atoms with E-state index in [0.29, 0.717) is 0 Å². The highest BCUT2D eigenvalue weighted by Crippen LogP contribution is 2.35. The van der Waals surface area contributed by atoms with Gasteiger partial charge in [-0.3, -0.25) is 0 Å². The number of hydrogen-bond acceptors (Lipinski definition) is 2. The number of nitrogens with zero attached hydrogens (tertiary/aromatic N) is 2. The smallest absolute Gasteiger partial charge is 0.0671 e. The van der Waals surface area contributed by atoms with Gasteiger partial charge >= 0.3 is 0 Å². The van der Waals surface area contributed by atoms with E-state index in [1.165, 1.54) is 78.3 Å². The van der Waals surface area contributed by atoms with Crippen molar-refractivity contribution in [3.63, 3.8) is 0 Å². The Morgan fingerprint density at radius 1 is 0.759 bits per heavy atom. The molecular weight excluding hydrogens is 352 g/mol. The van der Waals surface area contributed by atoms with Crippen LogP contribution in [0.2, 0.25) is 0 Å². The molecule has 0 atom stereocenters. The normalized spacial score (nSPS) is 13.0. The first-order valence-corrected chi connectivity index (χ1v) is 11.4. The molecule has 2 heteroatoms. The molecule has 1 aliphatic carbocycles. The minimum atomic E-state index is 0.980. The second kappa shape index (κ2) is 10.5. The fourth-order valence-corrected chi connectivity index (χ4v) is 4.17. The molecule has 0 N–H and O–H groups in total. The molecule has 2 nitrogen and oxygen atoms in total. The average Bonchev–Trinajstić information content (AvgIpc) is 2.73. The second-order valence-corrected chi connectivity index (χ2v) is 8.61. The summed E-state index contributed by atoms with van der Waals surface area (Å²) in [6.07, 6.45) is 11.7. The van der Waals surface area contributed by atoms with Gasteiger partial charge in [-0.05, 0) is 85.9 Å².